The van der Waals surface area contributed by atoms with E-state index in [1.807, 2.05) is 0 Å². The van der Waals surface area contributed by atoms with Gasteiger partial charge in [-0.3, -0.25) is 9.78 Å². The Kier molecular flexibility index (Phi) is 4.75. The molecule has 0 fully saturated rings. The van der Waals surface area contributed by atoms with E-state index in [9.17, 15) is 14.4 Å². The number of ether oxygens (including phenoxy) is 1. The molecule has 1 unspecified atom stereocenters. The minimum Gasteiger partial charge on any atom is -0.481 e. The number of hydrogen-bond donors (Lipinski definition) is 3. The van der Waals surface area contributed by atoms with E-state index >= 15 is 0 Å². The van der Waals surface area contributed by atoms with Crippen molar-refractivity contribution in [2.75, 3.05) is 12.4 Å². The molecule has 1 heterocycles. The van der Waals surface area contributed by atoms with E-state index in [4.69, 9.17) is 10.2 Å². The molecule has 0 amide bonds. The lowest BCUT2D eigenvalue weighted by Crippen LogP contribution is -2.32. The molecule has 0 aliphatic rings. The number of esters is 1. The Labute approximate surface area is 107 Å². The van der Waals surface area contributed by atoms with E-state index in [1.54, 1.807) is 0 Å². The molecular formula is C10H11N3O6. The molecular weight excluding hydrogens is 258 g/mol. The molecule has 9 heteroatoms. The number of methoxy groups -OCH3 is 1. The summed E-state index contributed by atoms with van der Waals surface area (Å²) >= 11 is 0. The van der Waals surface area contributed by atoms with Gasteiger partial charge in [-0.15, -0.1) is 0 Å². The predicted molar refractivity (Wildman–Crippen MR) is 60.7 cm³/mol. The number of anilines is 1. The van der Waals surface area contributed by atoms with Gasteiger partial charge < -0.3 is 20.3 Å². The fraction of sp³-hybridized carbons (Fsp3) is 0.300. The summed E-state index contributed by atoms with van der Waals surface area (Å²) < 4.78 is 4.43. The van der Waals surface area contributed by atoms with Gasteiger partial charge in [0.05, 0.1) is 25.9 Å². The van der Waals surface area contributed by atoms with Crippen LogP contribution in [0.4, 0.5) is 5.82 Å². The predicted octanol–water partition coefficient (Wildman–Crippen LogP) is -0.397. The van der Waals surface area contributed by atoms with Crippen molar-refractivity contribution in [1.82, 2.24) is 9.97 Å². The fourth-order valence-corrected chi connectivity index (χ4v) is 1.19. The van der Waals surface area contributed by atoms with Crippen molar-refractivity contribution in [3.63, 3.8) is 0 Å². The first kappa shape index (κ1) is 14.4. The number of nitrogens with zero attached hydrogens (tertiary/aromatic N) is 2. The molecule has 1 atom stereocenters. The number of aliphatic carboxylic acids is 2. The summed E-state index contributed by atoms with van der Waals surface area (Å²) in [5.41, 5.74) is -0.119. The maximum absolute atomic E-state index is 11.2. The van der Waals surface area contributed by atoms with Crippen LogP contribution in [-0.4, -0.2) is 51.2 Å². The van der Waals surface area contributed by atoms with Crippen molar-refractivity contribution in [3.8, 4) is 0 Å². The van der Waals surface area contributed by atoms with Crippen LogP contribution >= 0.6 is 0 Å². The zero-order valence-electron chi connectivity index (χ0n) is 9.86. The van der Waals surface area contributed by atoms with Crippen LogP contribution in [0.2, 0.25) is 0 Å². The second-order valence-corrected chi connectivity index (χ2v) is 3.41. The van der Waals surface area contributed by atoms with Crippen LogP contribution in [0, 0.1) is 0 Å². The third kappa shape index (κ3) is 4.22. The molecule has 1 rings (SSSR count). The monoisotopic (exact) mass is 269 g/mol. The van der Waals surface area contributed by atoms with Crippen LogP contribution in [0.15, 0.2) is 12.4 Å². The largest absolute Gasteiger partial charge is 0.481 e. The summed E-state index contributed by atoms with van der Waals surface area (Å²) in [6, 6.07) is -1.38. The molecule has 102 valence electrons. The Morgan fingerprint density at radius 2 is 2.05 bits per heavy atom. The molecule has 19 heavy (non-hydrogen) atoms. The highest BCUT2D eigenvalue weighted by molar-refractivity contribution is 5.87. The highest BCUT2D eigenvalue weighted by Gasteiger charge is 2.21. The molecule has 3 N–H and O–H groups in total. The van der Waals surface area contributed by atoms with Crippen LogP contribution in [0.3, 0.4) is 0 Å². The molecule has 0 saturated heterocycles. The summed E-state index contributed by atoms with van der Waals surface area (Å²) in [5.74, 6) is -3.40. The Morgan fingerprint density at radius 3 is 2.58 bits per heavy atom. The molecule has 0 saturated carbocycles. The first-order chi connectivity index (χ1) is 8.93. The van der Waals surface area contributed by atoms with Gasteiger partial charge in [-0.2, -0.15) is 0 Å². The molecule has 9 nitrogen and oxygen atoms in total. The topological polar surface area (TPSA) is 139 Å². The Balaban J connectivity index is 2.87. The number of carboxylic acids is 2. The standard InChI is InChI=1S/C10H11N3O6/c1-19-10(18)6-3-11-4-7(13-6)12-5(9(16)17)2-8(14)15/h3-5H,2H2,1H3,(H,12,13)(H,14,15)(H,16,17). The molecule has 1 aromatic rings. The molecule has 0 radical (unpaired) electrons. The molecule has 0 spiro atoms. The first-order valence-electron chi connectivity index (χ1n) is 5.05. The molecule has 0 aliphatic carbocycles. The van der Waals surface area contributed by atoms with Gasteiger partial charge in [-0.05, 0) is 0 Å². The molecule has 0 bridgehead atoms. The average molecular weight is 269 g/mol. The SMILES string of the molecule is COC(=O)c1cncc(NC(CC(=O)O)C(=O)O)n1. The zero-order chi connectivity index (χ0) is 14.4. The third-order valence-electron chi connectivity index (χ3n) is 2.03. The van der Waals surface area contributed by atoms with Crippen molar-refractivity contribution in [3.05, 3.63) is 18.1 Å². The van der Waals surface area contributed by atoms with E-state index in [2.05, 4.69) is 20.0 Å². The number of aromatic nitrogens is 2. The lowest BCUT2D eigenvalue weighted by molar-refractivity contribution is -0.144. The van der Waals surface area contributed by atoms with Crippen LogP contribution in [-0.2, 0) is 14.3 Å². The Hall–Kier alpha value is -2.71. The third-order valence-corrected chi connectivity index (χ3v) is 2.03. The fourth-order valence-electron chi connectivity index (χ4n) is 1.19. The van der Waals surface area contributed by atoms with E-state index in [-0.39, 0.29) is 11.5 Å². The first-order valence-corrected chi connectivity index (χ1v) is 5.05. The Morgan fingerprint density at radius 1 is 1.37 bits per heavy atom. The number of rotatable bonds is 6. The van der Waals surface area contributed by atoms with Crippen LogP contribution in [0.5, 0.6) is 0 Å². The van der Waals surface area contributed by atoms with Crippen molar-refractivity contribution < 1.29 is 29.3 Å². The van der Waals surface area contributed by atoms with E-state index < -0.39 is 30.4 Å². The molecule has 1 aromatic heterocycles. The summed E-state index contributed by atoms with van der Waals surface area (Å²) in [4.78, 5) is 40.0. The summed E-state index contributed by atoms with van der Waals surface area (Å²) in [5, 5.41) is 19.8. The number of carbonyl (C=O) groups excluding carboxylic acids is 1. The minimum atomic E-state index is -1.38. The highest BCUT2D eigenvalue weighted by atomic mass is 16.5. The van der Waals surface area contributed by atoms with Gasteiger partial charge in [0.25, 0.3) is 0 Å². The second kappa shape index (κ2) is 6.28. The minimum absolute atomic E-state index is 0.0310. The van der Waals surface area contributed by atoms with E-state index in [1.165, 1.54) is 6.20 Å². The summed E-state index contributed by atoms with van der Waals surface area (Å²) in [6.07, 6.45) is 1.67. The van der Waals surface area contributed by atoms with Gasteiger partial charge in [-0.25, -0.2) is 14.6 Å². The van der Waals surface area contributed by atoms with Gasteiger partial charge >= 0.3 is 17.9 Å². The van der Waals surface area contributed by atoms with E-state index in [0.717, 1.165) is 13.3 Å². The lowest BCUT2D eigenvalue weighted by atomic mass is 10.2. The maximum Gasteiger partial charge on any atom is 0.358 e. The number of carbonyl (C=O) groups is 3. The van der Waals surface area contributed by atoms with E-state index in [0.29, 0.717) is 0 Å². The Bertz CT molecular complexity index is 504. The quantitative estimate of drug-likeness (QED) is 0.588. The van der Waals surface area contributed by atoms with Crippen LogP contribution < -0.4 is 5.32 Å². The van der Waals surface area contributed by atoms with Gasteiger partial charge in [0, 0.05) is 0 Å². The van der Waals surface area contributed by atoms with Gasteiger partial charge in [0.1, 0.15) is 11.9 Å². The van der Waals surface area contributed by atoms with Crippen molar-refractivity contribution in [2.45, 2.75) is 12.5 Å². The van der Waals surface area contributed by atoms with Gasteiger partial charge in [0.15, 0.2) is 5.69 Å². The zero-order valence-corrected chi connectivity index (χ0v) is 9.86. The van der Waals surface area contributed by atoms with Gasteiger partial charge in [0.2, 0.25) is 0 Å². The summed E-state index contributed by atoms with van der Waals surface area (Å²) in [6.45, 7) is 0. The highest BCUT2D eigenvalue weighted by Crippen LogP contribution is 2.07. The molecule has 0 aliphatic heterocycles. The molecule has 0 aromatic carbocycles. The van der Waals surface area contributed by atoms with Gasteiger partial charge in [-0.1, -0.05) is 0 Å². The normalized spacial score (nSPS) is 11.4. The van der Waals surface area contributed by atoms with Crippen molar-refractivity contribution in [2.24, 2.45) is 0 Å². The van der Waals surface area contributed by atoms with Crippen molar-refractivity contribution in [1.29, 1.82) is 0 Å². The van der Waals surface area contributed by atoms with Crippen LogP contribution in [0.25, 0.3) is 0 Å². The second-order valence-electron chi connectivity index (χ2n) is 3.41. The number of hydrogen-bond acceptors (Lipinski definition) is 7. The smallest absolute Gasteiger partial charge is 0.358 e. The number of carboxylic acid groups (broad SMARTS) is 2. The average Bonchev–Trinajstić information content (AvgIpc) is 2.36. The maximum atomic E-state index is 11.2. The van der Waals surface area contributed by atoms with Crippen molar-refractivity contribution >= 4 is 23.7 Å². The summed E-state index contributed by atoms with van der Waals surface area (Å²) in [7, 11) is 1.16. The number of nitrogens with one attached hydrogen (secondary N) is 1. The van der Waals surface area contributed by atoms with Crippen LogP contribution in [0.1, 0.15) is 16.9 Å². The lowest BCUT2D eigenvalue weighted by Gasteiger charge is -2.12.